The van der Waals surface area contributed by atoms with Crippen LogP contribution in [0.1, 0.15) is 100 Å². The molecule has 0 spiro atoms. The number of benzene rings is 1. The van der Waals surface area contributed by atoms with Crippen molar-refractivity contribution in [2.75, 3.05) is 6.54 Å². The van der Waals surface area contributed by atoms with Gasteiger partial charge in [-0.15, -0.1) is 0 Å². The molecule has 3 aliphatic rings. The third-order valence-corrected chi connectivity index (χ3v) is 11.4. The predicted octanol–water partition coefficient (Wildman–Crippen LogP) is 5.85. The van der Waals surface area contributed by atoms with Gasteiger partial charge in [0.25, 0.3) is 0 Å². The van der Waals surface area contributed by atoms with Crippen molar-refractivity contribution >= 4 is 45.5 Å². The SMILES string of the molecule is CC[C@@H]1C[C@]1(CC(=O)[C@@H]1C[C@@H](Oc2cc(Cl)nc(-c3ccccc3)n2)CN1C(=O)[C@@H](CC(=O)OC(C)(C)C)C(C)(C)C)C(=O)NS(=O)(=O)OC1(C)CC1. The Balaban J connectivity index is 1.42. The molecule has 2 amide bonds. The lowest BCUT2D eigenvalue weighted by Gasteiger charge is -2.35. The van der Waals surface area contributed by atoms with E-state index in [9.17, 15) is 27.6 Å². The molecule has 1 aliphatic heterocycles. The number of aromatic nitrogens is 2. The van der Waals surface area contributed by atoms with Crippen molar-refractivity contribution < 1.29 is 41.3 Å². The van der Waals surface area contributed by atoms with E-state index in [1.54, 1.807) is 27.7 Å². The van der Waals surface area contributed by atoms with E-state index in [-0.39, 0.29) is 42.8 Å². The number of amides is 2. The Labute approximate surface area is 317 Å². The van der Waals surface area contributed by atoms with Gasteiger partial charge in [-0.1, -0.05) is 76.0 Å². The van der Waals surface area contributed by atoms with Crippen LogP contribution in [0.3, 0.4) is 0 Å². The topological polar surface area (TPSA) is 171 Å². The van der Waals surface area contributed by atoms with Gasteiger partial charge in [0.1, 0.15) is 16.9 Å². The monoisotopic (exact) mass is 774 g/mol. The molecule has 5 rings (SSSR count). The largest absolute Gasteiger partial charge is 0.472 e. The number of nitrogens with zero attached hydrogens (tertiary/aromatic N) is 3. The molecule has 2 heterocycles. The second-order valence-corrected chi connectivity index (χ2v) is 18.6. The Hall–Kier alpha value is -3.62. The molecule has 0 bridgehead atoms. The molecule has 2 aliphatic carbocycles. The molecule has 15 heteroatoms. The van der Waals surface area contributed by atoms with Crippen LogP contribution >= 0.6 is 11.6 Å². The van der Waals surface area contributed by atoms with Crippen molar-refractivity contribution in [2.24, 2.45) is 22.7 Å². The van der Waals surface area contributed by atoms with Crippen molar-refractivity contribution in [3.8, 4) is 17.3 Å². The zero-order chi connectivity index (χ0) is 39.1. The minimum absolute atomic E-state index is 0.0182. The smallest absolute Gasteiger partial charge is 0.362 e. The molecular formula is C38H51ClN4O9S. The quantitative estimate of drug-likeness (QED) is 0.181. The van der Waals surface area contributed by atoms with Gasteiger partial charge in [-0.25, -0.2) is 13.9 Å². The fourth-order valence-electron chi connectivity index (χ4n) is 6.97. The van der Waals surface area contributed by atoms with Crippen LogP contribution in [-0.4, -0.2) is 76.7 Å². The Morgan fingerprint density at radius 3 is 2.28 bits per heavy atom. The molecule has 1 aromatic heterocycles. The van der Waals surface area contributed by atoms with Gasteiger partial charge < -0.3 is 14.4 Å². The summed E-state index contributed by atoms with van der Waals surface area (Å²) in [6, 6.07) is 9.61. The number of ketones is 1. The van der Waals surface area contributed by atoms with E-state index in [0.717, 1.165) is 0 Å². The molecular weight excluding hydrogens is 724 g/mol. The number of halogens is 1. The number of carbonyl (C=O) groups is 4. The maximum absolute atomic E-state index is 14.5. The van der Waals surface area contributed by atoms with E-state index < -0.39 is 74.0 Å². The van der Waals surface area contributed by atoms with Gasteiger partial charge >= 0.3 is 16.3 Å². The van der Waals surface area contributed by atoms with Crippen molar-refractivity contribution in [2.45, 2.75) is 124 Å². The lowest BCUT2D eigenvalue weighted by Crippen LogP contribution is -2.49. The zero-order valence-electron chi connectivity index (χ0n) is 31.7. The molecule has 53 heavy (non-hydrogen) atoms. The molecule has 5 atom stereocenters. The Kier molecular flexibility index (Phi) is 11.4. The van der Waals surface area contributed by atoms with Crippen molar-refractivity contribution in [3.63, 3.8) is 0 Å². The van der Waals surface area contributed by atoms with Gasteiger partial charge in [-0.2, -0.15) is 13.4 Å². The summed E-state index contributed by atoms with van der Waals surface area (Å²) in [6.07, 6.45) is 0.777. The van der Waals surface area contributed by atoms with Crippen LogP contribution in [0.5, 0.6) is 5.88 Å². The maximum atomic E-state index is 14.5. The summed E-state index contributed by atoms with van der Waals surface area (Å²) in [5, 5.41) is 0.138. The zero-order valence-corrected chi connectivity index (χ0v) is 33.3. The molecule has 1 N–H and O–H groups in total. The van der Waals surface area contributed by atoms with Crippen LogP contribution in [-0.2, 0) is 38.4 Å². The number of likely N-dealkylation sites (tertiary alicyclic amines) is 1. The van der Waals surface area contributed by atoms with Crippen LogP contribution in [0, 0.1) is 22.7 Å². The predicted molar refractivity (Wildman–Crippen MR) is 197 cm³/mol. The third-order valence-electron chi connectivity index (χ3n) is 10.2. The van der Waals surface area contributed by atoms with Gasteiger partial charge in [0.2, 0.25) is 17.7 Å². The molecule has 2 aromatic rings. The van der Waals surface area contributed by atoms with E-state index in [1.807, 2.05) is 58.0 Å². The number of hydrogen-bond acceptors (Lipinski definition) is 11. The number of rotatable bonds is 14. The van der Waals surface area contributed by atoms with Crippen LogP contribution in [0.4, 0.5) is 0 Å². The van der Waals surface area contributed by atoms with E-state index in [4.69, 9.17) is 25.3 Å². The van der Waals surface area contributed by atoms with Crippen molar-refractivity contribution in [1.29, 1.82) is 0 Å². The first kappa shape index (κ1) is 40.6. The van der Waals surface area contributed by atoms with Gasteiger partial charge in [-0.3, -0.25) is 19.2 Å². The summed E-state index contributed by atoms with van der Waals surface area (Å²) >= 11 is 6.37. The number of nitrogens with one attached hydrogen (secondary N) is 1. The Morgan fingerprint density at radius 1 is 1.06 bits per heavy atom. The van der Waals surface area contributed by atoms with E-state index in [0.29, 0.717) is 37.1 Å². The molecule has 0 unspecified atom stereocenters. The van der Waals surface area contributed by atoms with Crippen LogP contribution in [0.2, 0.25) is 5.15 Å². The third kappa shape index (κ3) is 10.1. The second-order valence-electron chi connectivity index (χ2n) is 16.9. The minimum atomic E-state index is -4.41. The van der Waals surface area contributed by atoms with E-state index in [1.165, 1.54) is 11.0 Å². The van der Waals surface area contributed by atoms with Crippen molar-refractivity contribution in [3.05, 3.63) is 41.6 Å². The summed E-state index contributed by atoms with van der Waals surface area (Å²) in [5.74, 6) is -2.83. The highest BCUT2D eigenvalue weighted by molar-refractivity contribution is 7.85. The molecule has 1 aromatic carbocycles. The molecule has 2 saturated carbocycles. The highest BCUT2D eigenvalue weighted by Crippen LogP contribution is 2.58. The number of carbonyl (C=O) groups excluding carboxylic acids is 4. The first-order chi connectivity index (χ1) is 24.5. The number of esters is 1. The van der Waals surface area contributed by atoms with Gasteiger partial charge in [0.15, 0.2) is 11.6 Å². The lowest BCUT2D eigenvalue weighted by atomic mass is 9.77. The molecule has 290 valence electrons. The van der Waals surface area contributed by atoms with E-state index >= 15 is 0 Å². The lowest BCUT2D eigenvalue weighted by molar-refractivity contribution is -0.161. The summed E-state index contributed by atoms with van der Waals surface area (Å²) in [7, 11) is -4.41. The summed E-state index contributed by atoms with van der Waals surface area (Å²) in [6.45, 7) is 14.3. The Morgan fingerprint density at radius 2 is 1.72 bits per heavy atom. The molecule has 0 radical (unpaired) electrons. The highest BCUT2D eigenvalue weighted by atomic mass is 35.5. The first-order valence-corrected chi connectivity index (χ1v) is 19.9. The number of ether oxygens (including phenoxy) is 2. The van der Waals surface area contributed by atoms with Gasteiger partial charge in [-0.05, 0) is 58.3 Å². The van der Waals surface area contributed by atoms with Crippen LogP contribution in [0.15, 0.2) is 36.4 Å². The number of Topliss-reactive ketones (excluding diaryl/α,β-unsaturated/α-hetero) is 1. The fraction of sp³-hybridized carbons (Fsp3) is 0.632. The molecule has 13 nitrogen and oxygen atoms in total. The molecule has 1 saturated heterocycles. The summed E-state index contributed by atoms with van der Waals surface area (Å²) in [5.41, 5.74) is -2.90. The maximum Gasteiger partial charge on any atom is 0.362 e. The number of hydrogen-bond donors (Lipinski definition) is 1. The minimum Gasteiger partial charge on any atom is -0.472 e. The van der Waals surface area contributed by atoms with Crippen LogP contribution in [0.25, 0.3) is 11.4 Å². The molecule has 3 fully saturated rings. The highest BCUT2D eigenvalue weighted by Gasteiger charge is 2.62. The average molecular weight is 775 g/mol. The average Bonchev–Trinajstić information content (AvgIpc) is 3.90. The Bertz CT molecular complexity index is 1840. The van der Waals surface area contributed by atoms with Gasteiger partial charge in [0.05, 0.1) is 35.9 Å². The normalized spacial score (nSPS) is 24.2. The second kappa shape index (κ2) is 14.9. The first-order valence-electron chi connectivity index (χ1n) is 18.1. The van der Waals surface area contributed by atoms with E-state index in [2.05, 4.69) is 14.7 Å². The fourth-order valence-corrected chi connectivity index (χ4v) is 8.31. The van der Waals surface area contributed by atoms with Crippen LogP contribution < -0.4 is 9.46 Å². The standard InChI is InChI=1S/C38H51ClN4O9S/c1-9-24-20-38(24,34(47)42-53(48,49)52-37(8)15-16-37)21-28(44)27-17-25(50-30-19-29(39)40-32(41-30)23-13-11-10-12-14-23)22-43(27)33(46)26(35(2,3)4)18-31(45)51-36(5,6)7/h10-14,19,24-27H,9,15-18,20-22H2,1-8H3,(H,42,47)/t24-,25-,26-,27+,38-/m1/s1. The summed E-state index contributed by atoms with van der Waals surface area (Å²) < 4.78 is 44.7. The summed E-state index contributed by atoms with van der Waals surface area (Å²) in [4.78, 5) is 66.0. The van der Waals surface area contributed by atoms with Gasteiger partial charge in [0, 0.05) is 24.5 Å². The van der Waals surface area contributed by atoms with Crippen molar-refractivity contribution in [1.82, 2.24) is 19.6 Å².